The molecule has 2 N–H and O–H groups in total. The number of carbonyl (C=O) groups is 2. The molecule has 6 nitrogen and oxygen atoms in total. The van der Waals surface area contributed by atoms with Crippen molar-refractivity contribution in [3.8, 4) is 11.5 Å². The van der Waals surface area contributed by atoms with E-state index in [4.69, 9.17) is 9.47 Å². The number of ether oxygens (including phenoxy) is 2. The predicted octanol–water partition coefficient (Wildman–Crippen LogP) is 2.87. The number of anilines is 1. The van der Waals surface area contributed by atoms with Gasteiger partial charge in [0, 0.05) is 23.9 Å². The summed E-state index contributed by atoms with van der Waals surface area (Å²) in [6.07, 6.45) is 1.63. The zero-order chi connectivity index (χ0) is 18.2. The first kappa shape index (κ1) is 18.1. The van der Waals surface area contributed by atoms with Gasteiger partial charge in [-0.25, -0.2) is 0 Å². The third-order valence-electron chi connectivity index (χ3n) is 3.41. The molecule has 130 valence electrons. The van der Waals surface area contributed by atoms with Gasteiger partial charge in [-0.15, -0.1) is 0 Å². The van der Waals surface area contributed by atoms with Gasteiger partial charge in [-0.05, 0) is 42.5 Å². The second-order valence-electron chi connectivity index (χ2n) is 5.08. The van der Waals surface area contributed by atoms with Crippen molar-refractivity contribution in [1.29, 1.82) is 0 Å². The maximum atomic E-state index is 12.4. The van der Waals surface area contributed by atoms with E-state index in [1.807, 2.05) is 0 Å². The van der Waals surface area contributed by atoms with Gasteiger partial charge < -0.3 is 20.1 Å². The Morgan fingerprint density at radius 1 is 1.04 bits per heavy atom. The summed E-state index contributed by atoms with van der Waals surface area (Å²) in [6.45, 7) is 3.94. The van der Waals surface area contributed by atoms with E-state index in [9.17, 15) is 9.59 Å². The third-order valence-corrected chi connectivity index (χ3v) is 3.41. The number of nitrogens with one attached hydrogen (secondary N) is 2. The van der Waals surface area contributed by atoms with Gasteiger partial charge in [0.25, 0.3) is 11.8 Å². The minimum Gasteiger partial charge on any atom is -0.493 e. The van der Waals surface area contributed by atoms with Crippen LogP contribution in [0.3, 0.4) is 0 Å². The van der Waals surface area contributed by atoms with Crippen LogP contribution in [0.2, 0.25) is 0 Å². The number of hydrogen-bond donors (Lipinski definition) is 2. The lowest BCUT2D eigenvalue weighted by Gasteiger charge is -2.11. The van der Waals surface area contributed by atoms with Crippen molar-refractivity contribution in [1.82, 2.24) is 5.32 Å². The van der Waals surface area contributed by atoms with E-state index in [-0.39, 0.29) is 11.8 Å². The standard InChI is InChI=1S/C19H20N2O4/c1-4-11-25-16-10-7-14(12-17(16)24-3)19(23)21-15-8-5-13(6-9-15)18(22)20-2/h4-10,12H,1,11H2,2-3H3,(H,20,22)(H,21,23). The van der Waals surface area contributed by atoms with Crippen LogP contribution in [0.4, 0.5) is 5.69 Å². The molecule has 25 heavy (non-hydrogen) atoms. The minimum absolute atomic E-state index is 0.183. The van der Waals surface area contributed by atoms with E-state index in [1.165, 1.54) is 7.11 Å². The van der Waals surface area contributed by atoms with Gasteiger partial charge in [-0.1, -0.05) is 12.7 Å². The van der Waals surface area contributed by atoms with Crippen molar-refractivity contribution >= 4 is 17.5 Å². The summed E-state index contributed by atoms with van der Waals surface area (Å²) in [4.78, 5) is 23.9. The van der Waals surface area contributed by atoms with Crippen LogP contribution in [-0.4, -0.2) is 32.6 Å². The smallest absolute Gasteiger partial charge is 0.255 e. The normalized spacial score (nSPS) is 9.84. The molecule has 2 rings (SSSR count). The predicted molar refractivity (Wildman–Crippen MR) is 96.5 cm³/mol. The van der Waals surface area contributed by atoms with E-state index in [0.29, 0.717) is 34.9 Å². The van der Waals surface area contributed by atoms with Gasteiger partial charge in [0.2, 0.25) is 0 Å². The van der Waals surface area contributed by atoms with E-state index in [0.717, 1.165) is 0 Å². The first-order valence-corrected chi connectivity index (χ1v) is 7.64. The fourth-order valence-corrected chi connectivity index (χ4v) is 2.13. The van der Waals surface area contributed by atoms with Crippen LogP contribution in [0.5, 0.6) is 11.5 Å². The van der Waals surface area contributed by atoms with Crippen LogP contribution >= 0.6 is 0 Å². The number of methoxy groups -OCH3 is 1. The lowest BCUT2D eigenvalue weighted by molar-refractivity contribution is 0.0962. The number of amides is 2. The molecule has 0 spiro atoms. The Morgan fingerprint density at radius 3 is 2.32 bits per heavy atom. The van der Waals surface area contributed by atoms with Gasteiger partial charge in [-0.2, -0.15) is 0 Å². The Hall–Kier alpha value is -3.28. The second-order valence-corrected chi connectivity index (χ2v) is 5.08. The fraction of sp³-hybridized carbons (Fsp3) is 0.158. The highest BCUT2D eigenvalue weighted by Gasteiger charge is 2.12. The van der Waals surface area contributed by atoms with Crippen LogP contribution in [0.25, 0.3) is 0 Å². The number of hydrogen-bond acceptors (Lipinski definition) is 4. The fourth-order valence-electron chi connectivity index (χ4n) is 2.13. The summed E-state index contributed by atoms with van der Waals surface area (Å²) in [7, 11) is 3.07. The number of benzene rings is 2. The summed E-state index contributed by atoms with van der Waals surface area (Å²) >= 11 is 0. The molecule has 0 saturated carbocycles. The molecule has 2 aromatic rings. The SMILES string of the molecule is C=CCOc1ccc(C(=O)Nc2ccc(C(=O)NC)cc2)cc1OC. The molecule has 0 aliphatic rings. The van der Waals surface area contributed by atoms with Crippen molar-refractivity contribution in [3.63, 3.8) is 0 Å². The van der Waals surface area contributed by atoms with Crippen molar-refractivity contribution in [2.24, 2.45) is 0 Å². The average molecular weight is 340 g/mol. The summed E-state index contributed by atoms with van der Waals surface area (Å²) in [6, 6.07) is 11.5. The Kier molecular flexibility index (Phi) is 6.17. The van der Waals surface area contributed by atoms with Gasteiger partial charge in [-0.3, -0.25) is 9.59 Å². The first-order chi connectivity index (χ1) is 12.1. The molecule has 0 atom stereocenters. The van der Waals surface area contributed by atoms with E-state index in [2.05, 4.69) is 17.2 Å². The van der Waals surface area contributed by atoms with Crippen LogP contribution in [0.1, 0.15) is 20.7 Å². The van der Waals surface area contributed by atoms with Crippen molar-refractivity contribution in [2.45, 2.75) is 0 Å². The van der Waals surface area contributed by atoms with Crippen LogP contribution < -0.4 is 20.1 Å². The minimum atomic E-state index is -0.290. The lowest BCUT2D eigenvalue weighted by Crippen LogP contribution is -2.17. The van der Waals surface area contributed by atoms with E-state index < -0.39 is 0 Å². The quantitative estimate of drug-likeness (QED) is 0.760. The Bertz CT molecular complexity index is 769. The molecular formula is C19H20N2O4. The Labute approximate surface area is 146 Å². The summed E-state index contributed by atoms with van der Waals surface area (Å²) in [5.41, 5.74) is 1.53. The molecule has 2 amide bonds. The maximum Gasteiger partial charge on any atom is 0.255 e. The van der Waals surface area contributed by atoms with Crippen molar-refractivity contribution < 1.29 is 19.1 Å². The highest BCUT2D eigenvalue weighted by Crippen LogP contribution is 2.28. The van der Waals surface area contributed by atoms with Crippen molar-refractivity contribution in [2.75, 3.05) is 26.1 Å². The first-order valence-electron chi connectivity index (χ1n) is 7.64. The molecule has 0 aliphatic heterocycles. The molecule has 0 heterocycles. The van der Waals surface area contributed by atoms with Gasteiger partial charge >= 0.3 is 0 Å². The van der Waals surface area contributed by atoms with Crippen LogP contribution in [0, 0.1) is 0 Å². The van der Waals surface area contributed by atoms with Gasteiger partial charge in [0.1, 0.15) is 6.61 Å². The topological polar surface area (TPSA) is 76.7 Å². The summed E-state index contributed by atoms with van der Waals surface area (Å²) in [5, 5.41) is 5.31. The number of rotatable bonds is 7. The third kappa shape index (κ3) is 4.60. The molecule has 0 fully saturated rings. The molecule has 0 bridgehead atoms. The van der Waals surface area contributed by atoms with E-state index in [1.54, 1.807) is 55.6 Å². The molecule has 0 radical (unpaired) electrons. The molecule has 0 unspecified atom stereocenters. The second kappa shape index (κ2) is 8.54. The highest BCUT2D eigenvalue weighted by molar-refractivity contribution is 6.05. The monoisotopic (exact) mass is 340 g/mol. The van der Waals surface area contributed by atoms with Crippen LogP contribution in [-0.2, 0) is 0 Å². The molecule has 0 saturated heterocycles. The van der Waals surface area contributed by atoms with Gasteiger partial charge in [0.15, 0.2) is 11.5 Å². The Morgan fingerprint density at radius 2 is 1.72 bits per heavy atom. The molecule has 6 heteroatoms. The zero-order valence-electron chi connectivity index (χ0n) is 14.2. The van der Waals surface area contributed by atoms with Gasteiger partial charge in [0.05, 0.1) is 7.11 Å². The number of carbonyl (C=O) groups excluding carboxylic acids is 2. The zero-order valence-corrected chi connectivity index (χ0v) is 14.2. The Balaban J connectivity index is 2.12. The average Bonchev–Trinajstić information content (AvgIpc) is 2.66. The van der Waals surface area contributed by atoms with Crippen LogP contribution in [0.15, 0.2) is 55.1 Å². The maximum absolute atomic E-state index is 12.4. The molecule has 0 aliphatic carbocycles. The molecule has 2 aromatic carbocycles. The highest BCUT2D eigenvalue weighted by atomic mass is 16.5. The van der Waals surface area contributed by atoms with E-state index >= 15 is 0 Å². The van der Waals surface area contributed by atoms with Crippen molar-refractivity contribution in [3.05, 3.63) is 66.2 Å². The largest absolute Gasteiger partial charge is 0.493 e. The summed E-state index contributed by atoms with van der Waals surface area (Å²) in [5.74, 6) is 0.525. The molecule has 0 aromatic heterocycles. The summed E-state index contributed by atoms with van der Waals surface area (Å²) < 4.78 is 10.7. The molecular weight excluding hydrogens is 320 g/mol. The lowest BCUT2D eigenvalue weighted by atomic mass is 10.1.